The molecule has 1 atom stereocenters. The molecule has 0 aliphatic carbocycles. The molecule has 1 saturated heterocycles. The molecule has 0 spiro atoms. The fourth-order valence-electron chi connectivity index (χ4n) is 3.70. The Morgan fingerprint density at radius 2 is 2.00 bits per heavy atom. The van der Waals surface area contributed by atoms with E-state index >= 15 is 0 Å². The van der Waals surface area contributed by atoms with E-state index in [9.17, 15) is 4.79 Å². The van der Waals surface area contributed by atoms with Crippen LogP contribution in [0.1, 0.15) is 36.2 Å². The van der Waals surface area contributed by atoms with Crippen LogP contribution in [-0.4, -0.2) is 39.7 Å². The van der Waals surface area contributed by atoms with Gasteiger partial charge < -0.3 is 5.32 Å². The van der Waals surface area contributed by atoms with Crippen molar-refractivity contribution in [2.75, 3.05) is 18.4 Å². The van der Waals surface area contributed by atoms with E-state index in [1.165, 1.54) is 18.4 Å². The first-order valence-corrected chi connectivity index (χ1v) is 9.12. The van der Waals surface area contributed by atoms with Gasteiger partial charge in [-0.15, -0.1) is 0 Å². The van der Waals surface area contributed by atoms with Crippen LogP contribution in [0, 0.1) is 13.8 Å². The highest BCUT2D eigenvalue weighted by atomic mass is 16.2. The fourth-order valence-corrected chi connectivity index (χ4v) is 3.70. The largest absolute Gasteiger partial charge is 0.322 e. The number of nitrogens with one attached hydrogen (secondary N) is 1. The minimum atomic E-state index is 0.0548. The maximum Gasteiger partial charge on any atom is 0.238 e. The fraction of sp³-hybridized carbons (Fsp3) is 0.500. The predicted molar refractivity (Wildman–Crippen MR) is 101 cm³/mol. The third kappa shape index (κ3) is 4.28. The number of carbonyl (C=O) groups excluding carboxylic acids is 1. The molecule has 5 nitrogen and oxygen atoms in total. The Morgan fingerprint density at radius 3 is 2.68 bits per heavy atom. The second-order valence-electron chi connectivity index (χ2n) is 7.03. The predicted octanol–water partition coefficient (Wildman–Crippen LogP) is 3.07. The van der Waals surface area contributed by atoms with Gasteiger partial charge in [-0.05, 0) is 45.2 Å². The van der Waals surface area contributed by atoms with Gasteiger partial charge >= 0.3 is 0 Å². The van der Waals surface area contributed by atoms with Crippen LogP contribution in [0.3, 0.4) is 0 Å². The van der Waals surface area contributed by atoms with Gasteiger partial charge in [-0.2, -0.15) is 5.10 Å². The SMILES string of the molecule is Cc1nn(C)c(C)c1NC(=O)CN1CCCC[C@H]1Cc1ccccc1. The van der Waals surface area contributed by atoms with E-state index in [0.717, 1.165) is 36.5 Å². The molecule has 2 heterocycles. The molecule has 5 heteroatoms. The Morgan fingerprint density at radius 1 is 1.24 bits per heavy atom. The van der Waals surface area contributed by atoms with Crippen molar-refractivity contribution in [3.8, 4) is 0 Å². The van der Waals surface area contributed by atoms with Crippen LogP contribution < -0.4 is 5.32 Å². The highest BCUT2D eigenvalue weighted by Crippen LogP contribution is 2.22. The Balaban J connectivity index is 1.64. The lowest BCUT2D eigenvalue weighted by atomic mass is 9.95. The summed E-state index contributed by atoms with van der Waals surface area (Å²) in [4.78, 5) is 14.9. The van der Waals surface area contributed by atoms with E-state index in [0.29, 0.717) is 12.6 Å². The molecule has 3 rings (SSSR count). The third-order valence-electron chi connectivity index (χ3n) is 5.18. The normalized spacial score (nSPS) is 18.3. The van der Waals surface area contributed by atoms with E-state index < -0.39 is 0 Å². The number of rotatable bonds is 5. The van der Waals surface area contributed by atoms with Crippen LogP contribution in [-0.2, 0) is 18.3 Å². The van der Waals surface area contributed by atoms with Gasteiger partial charge in [0, 0.05) is 13.1 Å². The summed E-state index contributed by atoms with van der Waals surface area (Å²) in [6, 6.07) is 11.0. The molecule has 1 fully saturated rings. The number of piperidine rings is 1. The van der Waals surface area contributed by atoms with E-state index in [2.05, 4.69) is 39.6 Å². The highest BCUT2D eigenvalue weighted by molar-refractivity contribution is 5.93. The van der Waals surface area contributed by atoms with Gasteiger partial charge in [0.15, 0.2) is 0 Å². The summed E-state index contributed by atoms with van der Waals surface area (Å²) in [6.07, 6.45) is 4.59. The van der Waals surface area contributed by atoms with Crippen molar-refractivity contribution >= 4 is 11.6 Å². The number of amides is 1. The lowest BCUT2D eigenvalue weighted by molar-refractivity contribution is -0.118. The Hall–Kier alpha value is -2.14. The summed E-state index contributed by atoms with van der Waals surface area (Å²) in [5.74, 6) is 0.0548. The first kappa shape index (κ1) is 17.7. The first-order valence-electron chi connectivity index (χ1n) is 9.12. The molecule has 1 aromatic heterocycles. The molecular weight excluding hydrogens is 312 g/mol. The molecule has 0 saturated carbocycles. The van der Waals surface area contributed by atoms with Crippen LogP contribution >= 0.6 is 0 Å². The molecule has 25 heavy (non-hydrogen) atoms. The maximum absolute atomic E-state index is 12.6. The minimum Gasteiger partial charge on any atom is -0.322 e. The molecule has 1 amide bonds. The van der Waals surface area contributed by atoms with Crippen LogP contribution in [0.25, 0.3) is 0 Å². The average molecular weight is 340 g/mol. The quantitative estimate of drug-likeness (QED) is 0.910. The van der Waals surface area contributed by atoms with Gasteiger partial charge in [-0.25, -0.2) is 0 Å². The molecule has 0 bridgehead atoms. The molecular formula is C20H28N4O. The summed E-state index contributed by atoms with van der Waals surface area (Å²) in [7, 11) is 1.90. The molecule has 134 valence electrons. The van der Waals surface area contributed by atoms with Gasteiger partial charge in [0.2, 0.25) is 5.91 Å². The van der Waals surface area contributed by atoms with Crippen LogP contribution in [0.2, 0.25) is 0 Å². The Labute approximate surface area is 150 Å². The molecule has 1 N–H and O–H groups in total. The van der Waals surface area contributed by atoms with Crippen molar-refractivity contribution in [2.24, 2.45) is 7.05 Å². The van der Waals surface area contributed by atoms with Crippen molar-refractivity contribution in [2.45, 2.75) is 45.6 Å². The highest BCUT2D eigenvalue weighted by Gasteiger charge is 2.25. The molecule has 2 aromatic rings. The summed E-state index contributed by atoms with van der Waals surface area (Å²) in [6.45, 7) is 5.36. The van der Waals surface area contributed by atoms with Gasteiger partial charge in [-0.1, -0.05) is 36.8 Å². The number of aromatic nitrogens is 2. The van der Waals surface area contributed by atoms with E-state index in [-0.39, 0.29) is 5.91 Å². The van der Waals surface area contributed by atoms with Crippen molar-refractivity contribution < 1.29 is 4.79 Å². The maximum atomic E-state index is 12.6. The molecule has 1 aliphatic rings. The summed E-state index contributed by atoms with van der Waals surface area (Å²) in [5.41, 5.74) is 4.06. The van der Waals surface area contributed by atoms with Gasteiger partial charge in [0.1, 0.15) is 0 Å². The van der Waals surface area contributed by atoms with E-state index in [4.69, 9.17) is 0 Å². The number of hydrogen-bond acceptors (Lipinski definition) is 3. The lowest BCUT2D eigenvalue weighted by Crippen LogP contribution is -2.45. The van der Waals surface area contributed by atoms with Crippen LogP contribution in [0.15, 0.2) is 30.3 Å². The second-order valence-corrected chi connectivity index (χ2v) is 7.03. The number of carbonyl (C=O) groups is 1. The monoisotopic (exact) mass is 340 g/mol. The number of hydrogen-bond donors (Lipinski definition) is 1. The number of benzene rings is 1. The molecule has 1 aliphatic heterocycles. The zero-order chi connectivity index (χ0) is 17.8. The molecule has 0 radical (unpaired) electrons. The van der Waals surface area contributed by atoms with Crippen LogP contribution in [0.5, 0.6) is 0 Å². The van der Waals surface area contributed by atoms with Crippen LogP contribution in [0.4, 0.5) is 5.69 Å². The Kier molecular flexibility index (Phi) is 5.53. The number of anilines is 1. The second kappa shape index (κ2) is 7.83. The van der Waals surface area contributed by atoms with Crippen molar-refractivity contribution in [1.82, 2.24) is 14.7 Å². The molecule has 1 aromatic carbocycles. The summed E-state index contributed by atoms with van der Waals surface area (Å²) >= 11 is 0. The zero-order valence-electron chi connectivity index (χ0n) is 15.5. The summed E-state index contributed by atoms with van der Waals surface area (Å²) in [5, 5.41) is 7.44. The number of aryl methyl sites for hydroxylation is 2. The van der Waals surface area contributed by atoms with Gasteiger partial charge in [0.05, 0.1) is 23.6 Å². The zero-order valence-corrected chi connectivity index (χ0v) is 15.5. The smallest absolute Gasteiger partial charge is 0.238 e. The number of likely N-dealkylation sites (tertiary alicyclic amines) is 1. The average Bonchev–Trinajstić information content (AvgIpc) is 2.84. The van der Waals surface area contributed by atoms with Crippen molar-refractivity contribution in [1.29, 1.82) is 0 Å². The van der Waals surface area contributed by atoms with Crippen molar-refractivity contribution in [3.05, 3.63) is 47.3 Å². The van der Waals surface area contributed by atoms with Gasteiger partial charge in [0.25, 0.3) is 0 Å². The topological polar surface area (TPSA) is 50.2 Å². The Bertz CT molecular complexity index is 723. The van der Waals surface area contributed by atoms with E-state index in [1.54, 1.807) is 0 Å². The third-order valence-corrected chi connectivity index (χ3v) is 5.18. The van der Waals surface area contributed by atoms with Crippen molar-refractivity contribution in [3.63, 3.8) is 0 Å². The molecule has 0 unspecified atom stereocenters. The standard InChI is InChI=1S/C20H28N4O/c1-15-20(16(2)23(3)22-15)21-19(25)14-24-12-8-7-11-18(24)13-17-9-5-4-6-10-17/h4-6,9-10,18H,7-8,11-14H2,1-3H3,(H,21,25)/t18-/m0/s1. The summed E-state index contributed by atoms with van der Waals surface area (Å²) < 4.78 is 1.81. The first-order chi connectivity index (χ1) is 12.0. The number of nitrogens with zero attached hydrogens (tertiary/aromatic N) is 3. The minimum absolute atomic E-state index is 0.0548. The van der Waals surface area contributed by atoms with Gasteiger partial charge in [-0.3, -0.25) is 14.4 Å². The van der Waals surface area contributed by atoms with E-state index in [1.807, 2.05) is 31.6 Å². The lowest BCUT2D eigenvalue weighted by Gasteiger charge is -2.35.